The first-order valence-corrected chi connectivity index (χ1v) is 9.04. The summed E-state index contributed by atoms with van der Waals surface area (Å²) in [4.78, 5) is 13.5. The quantitative estimate of drug-likeness (QED) is 0.658. The minimum atomic E-state index is 0.861. The fourth-order valence-corrected chi connectivity index (χ4v) is 3.13. The number of benzene rings is 1. The molecule has 6 nitrogen and oxygen atoms in total. The zero-order valence-corrected chi connectivity index (χ0v) is 15.6. The van der Waals surface area contributed by atoms with Gasteiger partial charge in [-0.05, 0) is 36.2 Å². The van der Waals surface area contributed by atoms with Crippen LogP contribution in [0.4, 0.5) is 5.82 Å². The van der Waals surface area contributed by atoms with Crippen molar-refractivity contribution >= 4 is 11.8 Å². The molecule has 2 heterocycles. The van der Waals surface area contributed by atoms with Crippen LogP contribution in [0.25, 0.3) is 0 Å². The molecule has 1 aliphatic rings. The van der Waals surface area contributed by atoms with Gasteiger partial charge in [0.1, 0.15) is 11.6 Å². The van der Waals surface area contributed by atoms with E-state index in [9.17, 15) is 0 Å². The zero-order valence-electron chi connectivity index (χ0n) is 15.6. The summed E-state index contributed by atoms with van der Waals surface area (Å²) in [5, 5.41) is 3.48. The van der Waals surface area contributed by atoms with Crippen LogP contribution in [0.15, 0.2) is 53.7 Å². The van der Waals surface area contributed by atoms with Gasteiger partial charge >= 0.3 is 0 Å². The summed E-state index contributed by atoms with van der Waals surface area (Å²) in [5.74, 6) is 2.91. The Morgan fingerprint density at radius 3 is 2.50 bits per heavy atom. The normalized spacial score (nSPS) is 15.1. The Morgan fingerprint density at radius 2 is 1.88 bits per heavy atom. The highest BCUT2D eigenvalue weighted by Gasteiger charge is 2.20. The number of nitrogens with zero attached hydrogens (tertiary/aromatic N) is 4. The number of ether oxygens (including phenoxy) is 1. The van der Waals surface area contributed by atoms with Crippen molar-refractivity contribution in [2.75, 3.05) is 51.8 Å². The second-order valence-electron chi connectivity index (χ2n) is 6.23. The molecule has 0 amide bonds. The van der Waals surface area contributed by atoms with E-state index >= 15 is 0 Å². The fourth-order valence-electron chi connectivity index (χ4n) is 3.13. The summed E-state index contributed by atoms with van der Waals surface area (Å²) >= 11 is 0. The average molecular weight is 353 g/mol. The van der Waals surface area contributed by atoms with Crippen molar-refractivity contribution < 1.29 is 4.74 Å². The van der Waals surface area contributed by atoms with E-state index < -0.39 is 0 Å². The molecule has 3 rings (SSSR count). The summed E-state index contributed by atoms with van der Waals surface area (Å²) < 4.78 is 5.20. The second kappa shape index (κ2) is 9.08. The van der Waals surface area contributed by atoms with E-state index in [1.165, 1.54) is 5.56 Å². The largest absolute Gasteiger partial charge is 0.497 e. The average Bonchev–Trinajstić information content (AvgIpc) is 2.72. The molecule has 1 N–H and O–H groups in total. The van der Waals surface area contributed by atoms with Gasteiger partial charge in [0.2, 0.25) is 0 Å². The van der Waals surface area contributed by atoms with Gasteiger partial charge in [-0.3, -0.25) is 4.99 Å². The van der Waals surface area contributed by atoms with Crippen molar-refractivity contribution in [3.05, 3.63) is 54.2 Å². The van der Waals surface area contributed by atoms with Gasteiger partial charge in [-0.25, -0.2) is 4.98 Å². The lowest BCUT2D eigenvalue weighted by Gasteiger charge is -2.37. The molecule has 0 atom stereocenters. The van der Waals surface area contributed by atoms with E-state index in [-0.39, 0.29) is 0 Å². The number of anilines is 1. The first-order valence-electron chi connectivity index (χ1n) is 9.04. The van der Waals surface area contributed by atoms with Gasteiger partial charge in [-0.2, -0.15) is 0 Å². The number of methoxy groups -OCH3 is 1. The predicted molar refractivity (Wildman–Crippen MR) is 106 cm³/mol. The van der Waals surface area contributed by atoms with Crippen molar-refractivity contribution in [1.82, 2.24) is 15.2 Å². The van der Waals surface area contributed by atoms with Crippen LogP contribution in [0.2, 0.25) is 0 Å². The molecule has 138 valence electrons. The van der Waals surface area contributed by atoms with E-state index in [4.69, 9.17) is 4.74 Å². The Bertz CT molecular complexity index is 694. The zero-order chi connectivity index (χ0) is 18.2. The van der Waals surface area contributed by atoms with Crippen molar-refractivity contribution in [2.45, 2.75) is 6.42 Å². The first-order chi connectivity index (χ1) is 12.8. The number of nitrogens with one attached hydrogen (secondary N) is 1. The van der Waals surface area contributed by atoms with Crippen molar-refractivity contribution in [2.24, 2.45) is 4.99 Å². The van der Waals surface area contributed by atoms with Crippen LogP contribution >= 0.6 is 0 Å². The molecule has 0 radical (unpaired) electrons. The maximum atomic E-state index is 5.20. The van der Waals surface area contributed by atoms with Gasteiger partial charge in [0.25, 0.3) is 0 Å². The number of hydrogen-bond donors (Lipinski definition) is 1. The highest BCUT2D eigenvalue weighted by molar-refractivity contribution is 5.80. The van der Waals surface area contributed by atoms with E-state index in [0.717, 1.165) is 56.7 Å². The number of aromatic nitrogens is 1. The molecule has 0 aliphatic carbocycles. The van der Waals surface area contributed by atoms with Crippen LogP contribution in [0, 0.1) is 0 Å². The molecule has 1 fully saturated rings. The number of hydrogen-bond acceptors (Lipinski definition) is 4. The van der Waals surface area contributed by atoms with Gasteiger partial charge < -0.3 is 19.9 Å². The highest BCUT2D eigenvalue weighted by Crippen LogP contribution is 2.13. The Hall–Kier alpha value is -2.76. The van der Waals surface area contributed by atoms with Crippen LogP contribution in [0.3, 0.4) is 0 Å². The number of guanidine groups is 1. The minimum absolute atomic E-state index is 0.861. The van der Waals surface area contributed by atoms with Gasteiger partial charge in [-0.1, -0.05) is 18.2 Å². The van der Waals surface area contributed by atoms with Crippen molar-refractivity contribution in [1.29, 1.82) is 0 Å². The Balaban J connectivity index is 1.46. The Morgan fingerprint density at radius 1 is 1.12 bits per heavy atom. The molecule has 6 heteroatoms. The first kappa shape index (κ1) is 18.0. The van der Waals surface area contributed by atoms with Gasteiger partial charge in [-0.15, -0.1) is 0 Å². The molecule has 0 bridgehead atoms. The molecule has 1 aromatic carbocycles. The summed E-state index contributed by atoms with van der Waals surface area (Å²) in [5.41, 5.74) is 1.29. The van der Waals surface area contributed by atoms with Crippen LogP contribution in [0.1, 0.15) is 5.56 Å². The second-order valence-corrected chi connectivity index (χ2v) is 6.23. The summed E-state index contributed by atoms with van der Waals surface area (Å²) in [6, 6.07) is 14.3. The molecule has 0 spiro atoms. The molecular formula is C20H27N5O. The van der Waals surface area contributed by atoms with Crippen LogP contribution in [-0.2, 0) is 6.42 Å². The lowest BCUT2D eigenvalue weighted by molar-refractivity contribution is 0.372. The smallest absolute Gasteiger partial charge is 0.193 e. The standard InChI is InChI=1S/C20H27N5O/c1-21-20(23-12-10-17-6-8-18(26-2)9-7-17)25-15-13-24(14-16-25)19-5-3-4-11-22-19/h3-9,11H,10,12-16H2,1-2H3,(H,21,23). The topological polar surface area (TPSA) is 53.0 Å². The number of piperazine rings is 1. The number of rotatable bonds is 5. The van der Waals surface area contributed by atoms with Gasteiger partial charge in [0.05, 0.1) is 7.11 Å². The van der Waals surface area contributed by atoms with Crippen molar-refractivity contribution in [3.8, 4) is 5.75 Å². The third-order valence-corrected chi connectivity index (χ3v) is 4.62. The summed E-state index contributed by atoms with van der Waals surface area (Å²) in [6.45, 7) is 4.66. The molecule has 1 aliphatic heterocycles. The molecule has 26 heavy (non-hydrogen) atoms. The Kier molecular flexibility index (Phi) is 6.30. The summed E-state index contributed by atoms with van der Waals surface area (Å²) in [7, 11) is 3.54. The molecule has 1 aromatic heterocycles. The molecule has 2 aromatic rings. The molecule has 1 saturated heterocycles. The van der Waals surface area contributed by atoms with Gasteiger partial charge in [0, 0.05) is 46.0 Å². The molecule has 0 unspecified atom stereocenters. The molecule has 0 saturated carbocycles. The SMILES string of the molecule is CN=C(NCCc1ccc(OC)cc1)N1CCN(c2ccccn2)CC1. The van der Waals surface area contributed by atoms with Crippen molar-refractivity contribution in [3.63, 3.8) is 0 Å². The Labute approximate surface area is 155 Å². The van der Waals surface area contributed by atoms with Crippen LogP contribution < -0.4 is 15.0 Å². The fraction of sp³-hybridized carbons (Fsp3) is 0.400. The van der Waals surface area contributed by atoms with Gasteiger partial charge in [0.15, 0.2) is 5.96 Å². The number of aliphatic imine (C=N–C) groups is 1. The van der Waals surface area contributed by atoms with E-state index in [2.05, 4.69) is 43.3 Å². The number of pyridine rings is 1. The lowest BCUT2D eigenvalue weighted by atomic mass is 10.1. The monoisotopic (exact) mass is 353 g/mol. The minimum Gasteiger partial charge on any atom is -0.497 e. The van der Waals surface area contributed by atoms with E-state index in [1.54, 1.807) is 7.11 Å². The maximum Gasteiger partial charge on any atom is 0.193 e. The summed E-state index contributed by atoms with van der Waals surface area (Å²) in [6.07, 6.45) is 2.80. The predicted octanol–water partition coefficient (Wildman–Crippen LogP) is 2.03. The van der Waals surface area contributed by atoms with Crippen LogP contribution in [-0.4, -0.2) is 62.7 Å². The highest BCUT2D eigenvalue weighted by atomic mass is 16.5. The third-order valence-electron chi connectivity index (χ3n) is 4.62. The maximum absolute atomic E-state index is 5.20. The van der Waals surface area contributed by atoms with Crippen LogP contribution in [0.5, 0.6) is 5.75 Å². The van der Waals surface area contributed by atoms with E-state index in [0.29, 0.717) is 0 Å². The van der Waals surface area contributed by atoms with E-state index in [1.807, 2.05) is 37.5 Å². The third kappa shape index (κ3) is 4.65. The lowest BCUT2D eigenvalue weighted by Crippen LogP contribution is -2.53. The molecular weight excluding hydrogens is 326 g/mol.